The number of aliphatic imine (C=N–C) groups is 1. The lowest BCUT2D eigenvalue weighted by Gasteiger charge is -2.22. The van der Waals surface area contributed by atoms with E-state index in [9.17, 15) is 8.42 Å². The van der Waals surface area contributed by atoms with Crippen LogP contribution >= 0.6 is 0 Å². The first kappa shape index (κ1) is 20.1. The minimum absolute atomic E-state index is 0.297. The van der Waals surface area contributed by atoms with E-state index < -0.39 is 10.0 Å². The van der Waals surface area contributed by atoms with E-state index in [1.807, 2.05) is 19.1 Å². The van der Waals surface area contributed by atoms with Crippen molar-refractivity contribution in [2.45, 2.75) is 44.4 Å². The van der Waals surface area contributed by atoms with Gasteiger partial charge in [-0.25, -0.2) is 13.1 Å². The number of fused-ring (bicyclic) bond motifs is 1. The van der Waals surface area contributed by atoms with Crippen molar-refractivity contribution >= 4 is 16.0 Å². The van der Waals surface area contributed by atoms with Gasteiger partial charge < -0.3 is 10.2 Å². The van der Waals surface area contributed by atoms with Crippen molar-refractivity contribution < 1.29 is 8.42 Å². The van der Waals surface area contributed by atoms with Gasteiger partial charge in [0, 0.05) is 26.2 Å². The maximum absolute atomic E-state index is 12.4. The number of sulfonamides is 1. The Morgan fingerprint density at radius 2 is 1.78 bits per heavy atom. The zero-order valence-corrected chi connectivity index (χ0v) is 17.3. The Kier molecular flexibility index (Phi) is 6.76. The monoisotopic (exact) mass is 392 g/mol. The summed E-state index contributed by atoms with van der Waals surface area (Å²) in [7, 11) is -3.48. The lowest BCUT2D eigenvalue weighted by atomic mass is 9.82. The third-order valence-corrected chi connectivity index (χ3v) is 7.08. The van der Waals surface area contributed by atoms with Crippen LogP contribution in [0, 0.1) is 18.8 Å². The Morgan fingerprint density at radius 3 is 2.37 bits per heavy atom. The van der Waals surface area contributed by atoms with E-state index in [2.05, 4.69) is 26.9 Å². The number of hydrogen-bond donors (Lipinski definition) is 2. The molecule has 1 aromatic rings. The van der Waals surface area contributed by atoms with Gasteiger partial charge in [-0.2, -0.15) is 0 Å². The Balaban J connectivity index is 1.55. The van der Waals surface area contributed by atoms with Crippen LogP contribution in [0.1, 0.15) is 38.2 Å². The molecule has 0 aromatic heterocycles. The van der Waals surface area contributed by atoms with Crippen molar-refractivity contribution in [3.63, 3.8) is 0 Å². The van der Waals surface area contributed by atoms with Gasteiger partial charge in [0.15, 0.2) is 5.96 Å². The number of nitrogens with zero attached hydrogens (tertiary/aromatic N) is 2. The molecule has 1 aromatic carbocycles. The summed E-state index contributed by atoms with van der Waals surface area (Å²) in [5.74, 6) is 2.51. The van der Waals surface area contributed by atoms with E-state index in [-0.39, 0.29) is 0 Å². The number of aryl methyl sites for hydroxylation is 1. The summed E-state index contributed by atoms with van der Waals surface area (Å²) in [6.07, 6.45) is 5.36. The Bertz CT molecular complexity index is 732. The summed E-state index contributed by atoms with van der Waals surface area (Å²) in [5, 5.41) is 3.37. The van der Waals surface area contributed by atoms with Gasteiger partial charge >= 0.3 is 0 Å². The van der Waals surface area contributed by atoms with E-state index in [4.69, 9.17) is 0 Å². The summed E-state index contributed by atoms with van der Waals surface area (Å²) in [6.45, 7) is 7.70. The Hall–Kier alpha value is -1.60. The molecule has 7 heteroatoms. The summed E-state index contributed by atoms with van der Waals surface area (Å²) < 4.78 is 27.4. The molecule has 0 amide bonds. The van der Waals surface area contributed by atoms with E-state index in [1.165, 1.54) is 25.7 Å². The van der Waals surface area contributed by atoms with Gasteiger partial charge in [0.25, 0.3) is 0 Å². The minimum Gasteiger partial charge on any atom is -0.357 e. The van der Waals surface area contributed by atoms with E-state index in [0.29, 0.717) is 18.0 Å². The fourth-order valence-electron chi connectivity index (χ4n) is 4.15. The molecule has 6 nitrogen and oxygen atoms in total. The van der Waals surface area contributed by atoms with E-state index >= 15 is 0 Å². The first-order valence-electron chi connectivity index (χ1n) is 10.1. The molecule has 1 saturated heterocycles. The molecule has 1 heterocycles. The van der Waals surface area contributed by atoms with Gasteiger partial charge in [-0.05, 0) is 50.7 Å². The Labute approximate surface area is 163 Å². The van der Waals surface area contributed by atoms with Crippen LogP contribution in [-0.2, 0) is 10.0 Å². The molecule has 3 rings (SSSR count). The largest absolute Gasteiger partial charge is 0.357 e. The van der Waals surface area contributed by atoms with Crippen LogP contribution in [0.2, 0.25) is 0 Å². The number of likely N-dealkylation sites (tertiary alicyclic amines) is 1. The van der Waals surface area contributed by atoms with Gasteiger partial charge in [-0.3, -0.25) is 4.99 Å². The van der Waals surface area contributed by atoms with Crippen molar-refractivity contribution in [1.29, 1.82) is 0 Å². The zero-order valence-electron chi connectivity index (χ0n) is 16.4. The topological polar surface area (TPSA) is 73.8 Å². The summed E-state index contributed by atoms with van der Waals surface area (Å²) >= 11 is 0. The molecule has 27 heavy (non-hydrogen) atoms. The second-order valence-corrected chi connectivity index (χ2v) is 9.42. The number of hydrogen-bond acceptors (Lipinski definition) is 3. The molecule has 150 valence electrons. The van der Waals surface area contributed by atoms with Crippen LogP contribution in [0.5, 0.6) is 0 Å². The van der Waals surface area contributed by atoms with Crippen LogP contribution < -0.4 is 10.0 Å². The fraction of sp³-hybridized carbons (Fsp3) is 0.650. The van der Waals surface area contributed by atoms with Crippen LogP contribution in [0.4, 0.5) is 0 Å². The maximum Gasteiger partial charge on any atom is 0.240 e. The van der Waals surface area contributed by atoms with Crippen molar-refractivity contribution in [3.05, 3.63) is 29.8 Å². The zero-order chi connectivity index (χ0) is 19.3. The van der Waals surface area contributed by atoms with Gasteiger partial charge in [0.05, 0.1) is 11.4 Å². The first-order valence-corrected chi connectivity index (χ1v) is 11.6. The van der Waals surface area contributed by atoms with Crippen LogP contribution in [0.25, 0.3) is 0 Å². The molecular formula is C20H32N4O2S. The normalized spacial score (nSPS) is 23.3. The minimum atomic E-state index is -3.48. The molecule has 2 fully saturated rings. The van der Waals surface area contributed by atoms with Crippen molar-refractivity contribution in [3.8, 4) is 0 Å². The average molecular weight is 393 g/mol. The SMILES string of the molecule is CCNC(=NCCNS(=O)(=O)c1ccc(C)cc1)N1CC2CCCCC2C1. The molecule has 2 unspecified atom stereocenters. The highest BCUT2D eigenvalue weighted by atomic mass is 32.2. The van der Waals surface area contributed by atoms with Crippen LogP contribution in [-0.4, -0.2) is 52.0 Å². The number of nitrogens with one attached hydrogen (secondary N) is 2. The second-order valence-electron chi connectivity index (χ2n) is 7.66. The lowest BCUT2D eigenvalue weighted by Crippen LogP contribution is -2.41. The highest BCUT2D eigenvalue weighted by molar-refractivity contribution is 7.89. The molecule has 1 saturated carbocycles. The Morgan fingerprint density at radius 1 is 1.15 bits per heavy atom. The predicted molar refractivity (Wildman–Crippen MR) is 109 cm³/mol. The first-order chi connectivity index (χ1) is 13.0. The highest BCUT2D eigenvalue weighted by Crippen LogP contribution is 2.35. The molecule has 0 bridgehead atoms. The summed E-state index contributed by atoms with van der Waals surface area (Å²) in [6, 6.07) is 6.89. The number of rotatable bonds is 6. The smallest absolute Gasteiger partial charge is 0.240 e. The fourth-order valence-corrected chi connectivity index (χ4v) is 5.17. The van der Waals surface area contributed by atoms with Gasteiger partial charge in [0.1, 0.15) is 0 Å². The quantitative estimate of drug-likeness (QED) is 0.443. The van der Waals surface area contributed by atoms with Crippen LogP contribution in [0.15, 0.2) is 34.2 Å². The predicted octanol–water partition coefficient (Wildman–Crippen LogP) is 2.36. The van der Waals surface area contributed by atoms with Gasteiger partial charge in [0.2, 0.25) is 10.0 Å². The number of benzene rings is 1. The highest BCUT2D eigenvalue weighted by Gasteiger charge is 2.35. The third-order valence-electron chi connectivity index (χ3n) is 5.61. The van der Waals surface area contributed by atoms with Crippen molar-refractivity contribution in [1.82, 2.24) is 14.9 Å². The molecule has 1 aliphatic carbocycles. The summed E-state index contributed by atoms with van der Waals surface area (Å²) in [4.78, 5) is 7.33. The molecular weight excluding hydrogens is 360 g/mol. The molecule has 0 radical (unpaired) electrons. The molecule has 2 atom stereocenters. The average Bonchev–Trinajstić information content (AvgIpc) is 3.08. The van der Waals surface area contributed by atoms with Crippen molar-refractivity contribution in [2.75, 3.05) is 32.7 Å². The van der Waals surface area contributed by atoms with Gasteiger partial charge in [-0.1, -0.05) is 30.5 Å². The molecule has 2 aliphatic rings. The number of guanidine groups is 1. The standard InChI is InChI=1S/C20H32N4O2S/c1-3-21-20(24-14-17-6-4-5-7-18(17)15-24)22-12-13-23-27(25,26)19-10-8-16(2)9-11-19/h8-11,17-18,23H,3-7,12-15H2,1-2H3,(H,21,22). The molecule has 2 N–H and O–H groups in total. The summed E-state index contributed by atoms with van der Waals surface area (Å²) in [5.41, 5.74) is 1.04. The molecule has 1 aliphatic heterocycles. The second kappa shape index (κ2) is 9.06. The van der Waals surface area contributed by atoms with Crippen molar-refractivity contribution in [2.24, 2.45) is 16.8 Å². The van der Waals surface area contributed by atoms with E-state index in [0.717, 1.165) is 43.0 Å². The van der Waals surface area contributed by atoms with Crippen LogP contribution in [0.3, 0.4) is 0 Å². The van der Waals surface area contributed by atoms with E-state index in [1.54, 1.807) is 12.1 Å². The molecule has 0 spiro atoms. The maximum atomic E-state index is 12.4. The lowest BCUT2D eigenvalue weighted by molar-refractivity contribution is 0.299. The third kappa shape index (κ3) is 5.23. The van der Waals surface area contributed by atoms with Gasteiger partial charge in [-0.15, -0.1) is 0 Å².